The van der Waals surface area contributed by atoms with Crippen molar-refractivity contribution in [1.82, 2.24) is 5.43 Å². The van der Waals surface area contributed by atoms with Gasteiger partial charge in [0, 0.05) is 21.3 Å². The fourth-order valence-electron chi connectivity index (χ4n) is 2.38. The van der Waals surface area contributed by atoms with Crippen LogP contribution in [0.3, 0.4) is 0 Å². The first kappa shape index (κ1) is 22.4. The van der Waals surface area contributed by atoms with E-state index in [-0.39, 0.29) is 22.2 Å². The predicted octanol–water partition coefficient (Wildman–Crippen LogP) is 3.73. The molecule has 1 amide bonds. The molecule has 0 unspecified atom stereocenters. The maximum atomic E-state index is 12.3. The number of carbonyl (C=O) groups is 1. The molecule has 0 aromatic heterocycles. The van der Waals surface area contributed by atoms with Crippen LogP contribution in [0.2, 0.25) is 0 Å². The Morgan fingerprint density at radius 3 is 2.35 bits per heavy atom. The molecule has 1 N–H and O–H groups in total. The van der Waals surface area contributed by atoms with Crippen molar-refractivity contribution in [3.63, 3.8) is 0 Å². The number of hydrogen-bond acceptors (Lipinski definition) is 7. The molecule has 0 aliphatic heterocycles. The van der Waals surface area contributed by atoms with Gasteiger partial charge in [0.15, 0.2) is 0 Å². The van der Waals surface area contributed by atoms with E-state index < -0.39 is 15.0 Å². The second-order valence-electron chi connectivity index (χ2n) is 6.07. The Labute approximate surface area is 191 Å². The molecular formula is C20H14IN3O6S. The van der Waals surface area contributed by atoms with Gasteiger partial charge in [-0.25, -0.2) is 5.43 Å². The van der Waals surface area contributed by atoms with Gasteiger partial charge >= 0.3 is 10.1 Å². The Balaban J connectivity index is 1.62. The van der Waals surface area contributed by atoms with Gasteiger partial charge in [-0.15, -0.1) is 0 Å². The third-order valence-corrected chi connectivity index (χ3v) is 5.82. The van der Waals surface area contributed by atoms with Crippen LogP contribution in [-0.2, 0) is 10.1 Å². The van der Waals surface area contributed by atoms with Crippen LogP contribution in [0.1, 0.15) is 15.9 Å². The summed E-state index contributed by atoms with van der Waals surface area (Å²) < 4.78 is 30.6. The number of non-ortho nitro benzene ring substituents is 1. The first-order chi connectivity index (χ1) is 14.7. The van der Waals surface area contributed by atoms with E-state index in [9.17, 15) is 23.3 Å². The van der Waals surface area contributed by atoms with Gasteiger partial charge in [-0.05, 0) is 82.8 Å². The summed E-state index contributed by atoms with van der Waals surface area (Å²) in [6.45, 7) is 0. The van der Waals surface area contributed by atoms with Crippen molar-refractivity contribution in [2.24, 2.45) is 5.10 Å². The van der Waals surface area contributed by atoms with E-state index in [0.29, 0.717) is 11.1 Å². The summed E-state index contributed by atoms with van der Waals surface area (Å²) in [5.74, 6) is -0.303. The molecule has 3 aromatic rings. The number of hydrogen-bond donors (Lipinski definition) is 1. The summed E-state index contributed by atoms with van der Waals surface area (Å²) in [4.78, 5) is 21.9. The van der Waals surface area contributed by atoms with Gasteiger partial charge < -0.3 is 4.18 Å². The minimum atomic E-state index is -4.14. The molecule has 0 saturated heterocycles. The second-order valence-corrected chi connectivity index (χ2v) is 8.86. The van der Waals surface area contributed by atoms with Gasteiger partial charge in [0.25, 0.3) is 11.6 Å². The highest BCUT2D eigenvalue weighted by atomic mass is 127. The minimum Gasteiger partial charge on any atom is -0.379 e. The van der Waals surface area contributed by atoms with E-state index >= 15 is 0 Å². The first-order valence-corrected chi connectivity index (χ1v) is 11.1. The summed E-state index contributed by atoms with van der Waals surface area (Å²) in [6.07, 6.45) is 1.40. The normalized spacial score (nSPS) is 11.3. The molecule has 0 radical (unpaired) electrons. The topological polar surface area (TPSA) is 128 Å². The largest absolute Gasteiger partial charge is 0.379 e. The molecule has 0 spiro atoms. The molecule has 0 fully saturated rings. The fraction of sp³-hybridized carbons (Fsp3) is 0. The highest BCUT2D eigenvalue weighted by Gasteiger charge is 2.18. The molecule has 3 aromatic carbocycles. The number of rotatable bonds is 7. The zero-order valence-electron chi connectivity index (χ0n) is 15.6. The molecule has 0 saturated carbocycles. The van der Waals surface area contributed by atoms with Crippen LogP contribution in [0, 0.1) is 13.7 Å². The average molecular weight is 551 g/mol. The van der Waals surface area contributed by atoms with E-state index in [1.54, 1.807) is 30.3 Å². The van der Waals surface area contributed by atoms with Crippen molar-refractivity contribution in [3.8, 4) is 5.75 Å². The van der Waals surface area contributed by atoms with E-state index in [4.69, 9.17) is 4.18 Å². The van der Waals surface area contributed by atoms with Crippen molar-refractivity contribution in [3.05, 3.63) is 97.6 Å². The van der Waals surface area contributed by atoms with Crippen LogP contribution in [0.5, 0.6) is 5.75 Å². The van der Waals surface area contributed by atoms with Crippen molar-refractivity contribution in [1.29, 1.82) is 0 Å². The molecule has 31 heavy (non-hydrogen) atoms. The fourth-order valence-corrected chi connectivity index (χ4v) is 3.85. The number of halogens is 1. The van der Waals surface area contributed by atoms with Crippen LogP contribution in [0.25, 0.3) is 0 Å². The Morgan fingerprint density at radius 1 is 1.06 bits per heavy atom. The van der Waals surface area contributed by atoms with Crippen molar-refractivity contribution >= 4 is 50.5 Å². The molecule has 158 valence electrons. The monoisotopic (exact) mass is 551 g/mol. The molecule has 0 bridgehead atoms. The first-order valence-electron chi connectivity index (χ1n) is 8.62. The van der Waals surface area contributed by atoms with E-state index in [0.717, 1.165) is 27.8 Å². The zero-order chi connectivity index (χ0) is 22.4. The van der Waals surface area contributed by atoms with Gasteiger partial charge in [-0.1, -0.05) is 6.07 Å². The molecule has 9 nitrogen and oxygen atoms in total. The lowest BCUT2D eigenvalue weighted by molar-refractivity contribution is -0.384. The molecule has 0 heterocycles. The number of nitro groups is 1. The Bertz CT molecular complexity index is 1240. The van der Waals surface area contributed by atoms with Crippen LogP contribution >= 0.6 is 22.6 Å². The number of nitrogens with zero attached hydrogens (tertiary/aromatic N) is 2. The summed E-state index contributed by atoms with van der Waals surface area (Å²) in [5.41, 5.74) is 3.26. The highest BCUT2D eigenvalue weighted by molar-refractivity contribution is 14.1. The third-order valence-electron chi connectivity index (χ3n) is 3.89. The predicted molar refractivity (Wildman–Crippen MR) is 122 cm³/mol. The van der Waals surface area contributed by atoms with Gasteiger partial charge in [-0.2, -0.15) is 13.5 Å². The lowest BCUT2D eigenvalue weighted by Gasteiger charge is -2.07. The van der Waals surface area contributed by atoms with E-state index in [2.05, 4.69) is 33.1 Å². The van der Waals surface area contributed by atoms with Gasteiger partial charge in [-0.3, -0.25) is 14.9 Å². The maximum absolute atomic E-state index is 12.3. The maximum Gasteiger partial charge on any atom is 0.339 e. The van der Waals surface area contributed by atoms with E-state index in [1.807, 2.05) is 6.07 Å². The van der Waals surface area contributed by atoms with Gasteiger partial charge in [0.05, 0.1) is 11.1 Å². The number of amides is 1. The number of nitro benzene ring substituents is 1. The minimum absolute atomic E-state index is 0.0541. The second kappa shape index (κ2) is 9.66. The smallest absolute Gasteiger partial charge is 0.339 e. The van der Waals surface area contributed by atoms with Crippen molar-refractivity contribution in [2.75, 3.05) is 0 Å². The van der Waals surface area contributed by atoms with E-state index in [1.165, 1.54) is 18.3 Å². The van der Waals surface area contributed by atoms with Gasteiger partial charge in [0.2, 0.25) is 0 Å². The third kappa shape index (κ3) is 6.08. The van der Waals surface area contributed by atoms with Crippen LogP contribution in [0.4, 0.5) is 5.69 Å². The molecule has 0 atom stereocenters. The average Bonchev–Trinajstić information content (AvgIpc) is 2.75. The zero-order valence-corrected chi connectivity index (χ0v) is 18.6. The highest BCUT2D eigenvalue weighted by Crippen LogP contribution is 2.21. The number of hydrazone groups is 1. The molecule has 0 aliphatic rings. The SMILES string of the molecule is O=C(N/N=C\c1ccc(OS(=O)(=O)c2ccc([N+](=O)[O-])cc2)cc1)c1cccc(I)c1. The van der Waals surface area contributed by atoms with Crippen LogP contribution < -0.4 is 9.61 Å². The van der Waals surface area contributed by atoms with Crippen LogP contribution in [0.15, 0.2) is 82.8 Å². The lowest BCUT2D eigenvalue weighted by atomic mass is 10.2. The number of carbonyl (C=O) groups excluding carboxylic acids is 1. The molecule has 3 rings (SSSR count). The van der Waals surface area contributed by atoms with Crippen LogP contribution in [-0.4, -0.2) is 25.5 Å². The van der Waals surface area contributed by atoms with Crippen molar-refractivity contribution < 1.29 is 22.3 Å². The Hall–Kier alpha value is -3.32. The lowest BCUT2D eigenvalue weighted by Crippen LogP contribution is -2.17. The number of benzene rings is 3. The number of nitrogens with one attached hydrogen (secondary N) is 1. The van der Waals surface area contributed by atoms with Gasteiger partial charge in [0.1, 0.15) is 10.6 Å². The summed E-state index contributed by atoms with van der Waals surface area (Å²) in [5, 5.41) is 14.6. The Kier molecular flexibility index (Phi) is 6.97. The summed E-state index contributed by atoms with van der Waals surface area (Å²) in [7, 11) is -4.14. The molecular weight excluding hydrogens is 537 g/mol. The van der Waals surface area contributed by atoms with Crippen molar-refractivity contribution in [2.45, 2.75) is 4.90 Å². The summed E-state index contributed by atoms with van der Waals surface area (Å²) >= 11 is 2.11. The molecule has 0 aliphatic carbocycles. The summed E-state index contributed by atoms with van der Waals surface area (Å²) in [6, 6.07) is 17.4. The quantitative estimate of drug-likeness (QED) is 0.157. The molecule has 11 heteroatoms. The standard InChI is InChI=1S/C20H14IN3O6S/c21-16-3-1-2-15(12-16)20(25)23-22-13-14-4-8-18(9-5-14)30-31(28,29)19-10-6-17(7-11-19)24(26)27/h1-13H,(H,23,25)/b22-13-. The Morgan fingerprint density at radius 2 is 1.74 bits per heavy atom.